The van der Waals surface area contributed by atoms with Gasteiger partial charge in [0.25, 0.3) is 0 Å². The largest absolute Gasteiger partial charge is 0.477 e. The Morgan fingerprint density at radius 1 is 1.38 bits per heavy atom. The Kier molecular flexibility index (Phi) is 6.59. The minimum absolute atomic E-state index is 0.120. The number of anilines is 2. The Morgan fingerprint density at radius 2 is 2.15 bits per heavy atom. The first kappa shape index (κ1) is 24.1. The first-order valence-corrected chi connectivity index (χ1v) is 11.5. The molecule has 184 valence electrons. The molecule has 0 saturated carbocycles. The lowest BCUT2D eigenvalue weighted by Crippen LogP contribution is -2.36. The van der Waals surface area contributed by atoms with Gasteiger partial charge in [0, 0.05) is 44.4 Å². The van der Waals surface area contributed by atoms with Gasteiger partial charge in [-0.15, -0.1) is 0 Å². The second kappa shape index (κ2) is 9.30. The van der Waals surface area contributed by atoms with Crippen LogP contribution in [0.5, 0.6) is 5.88 Å². The third-order valence-corrected chi connectivity index (χ3v) is 5.91. The number of aromatic nitrogens is 5. The zero-order chi connectivity index (χ0) is 24.6. The summed E-state index contributed by atoms with van der Waals surface area (Å²) in [6.07, 6.45) is 4.06. The van der Waals surface area contributed by atoms with E-state index in [1.165, 1.54) is 0 Å². The zero-order valence-electron chi connectivity index (χ0n) is 19.9. The summed E-state index contributed by atoms with van der Waals surface area (Å²) in [4.78, 5) is 26.2. The third kappa shape index (κ3) is 5.36. The summed E-state index contributed by atoms with van der Waals surface area (Å²) in [6.45, 7) is 8.22. The molecule has 11 nitrogen and oxygen atoms in total. The number of ether oxygens (including phenoxy) is 2. The number of aryl methyl sites for hydroxylation is 1. The molecule has 4 heterocycles. The molecule has 3 atom stereocenters. The monoisotopic (exact) mass is 491 g/mol. The fourth-order valence-corrected chi connectivity index (χ4v) is 4.24. The number of hydrogen-bond acceptors (Lipinski definition) is 8. The number of nitrogens with zero attached hydrogens (tertiary/aromatic N) is 5. The van der Waals surface area contributed by atoms with Gasteiger partial charge in [-0.1, -0.05) is 11.6 Å². The molecule has 1 saturated heterocycles. The molecule has 0 bridgehead atoms. The number of aromatic amines is 1. The number of carbonyl (C=O) groups is 1. The van der Waals surface area contributed by atoms with Crippen molar-refractivity contribution in [2.24, 2.45) is 18.9 Å². The van der Waals surface area contributed by atoms with Crippen molar-refractivity contribution in [3.8, 4) is 5.88 Å². The molecule has 12 heteroatoms. The molecule has 0 aliphatic carbocycles. The van der Waals surface area contributed by atoms with Gasteiger partial charge in [-0.25, -0.2) is 4.79 Å². The number of carbonyl (C=O) groups excluding carboxylic acids is 1. The summed E-state index contributed by atoms with van der Waals surface area (Å²) in [6, 6.07) is 0. The van der Waals surface area contributed by atoms with Crippen molar-refractivity contribution < 1.29 is 19.4 Å². The Morgan fingerprint density at radius 3 is 2.79 bits per heavy atom. The number of hydrogen-bond donors (Lipinski definition) is 3. The number of fused-ring (bicyclic) bond motifs is 1. The Bertz CT molecular complexity index is 1170. The van der Waals surface area contributed by atoms with Crippen LogP contribution in [0.1, 0.15) is 27.7 Å². The normalized spacial score (nSPS) is 19.4. The lowest BCUT2D eigenvalue weighted by molar-refractivity contribution is 0.0272. The van der Waals surface area contributed by atoms with E-state index in [0.29, 0.717) is 41.0 Å². The van der Waals surface area contributed by atoms with Gasteiger partial charge in [-0.3, -0.25) is 4.68 Å². The van der Waals surface area contributed by atoms with Gasteiger partial charge < -0.3 is 29.8 Å². The summed E-state index contributed by atoms with van der Waals surface area (Å²) < 4.78 is 13.3. The molecule has 1 aliphatic heterocycles. The number of rotatable bonds is 6. The van der Waals surface area contributed by atoms with E-state index in [2.05, 4.69) is 25.4 Å². The second-order valence-corrected chi connectivity index (χ2v) is 10.0. The number of nitrogens with one attached hydrogen (secondary N) is 2. The molecule has 0 aromatic carbocycles. The van der Waals surface area contributed by atoms with E-state index in [9.17, 15) is 9.90 Å². The Hall–Kier alpha value is -3.05. The molecule has 0 spiro atoms. The number of H-pyrrole nitrogens is 1. The molecule has 2 unspecified atom stereocenters. The van der Waals surface area contributed by atoms with Gasteiger partial charge in [-0.2, -0.15) is 15.1 Å². The van der Waals surface area contributed by atoms with E-state index in [4.69, 9.17) is 21.1 Å². The van der Waals surface area contributed by atoms with Crippen molar-refractivity contribution in [2.75, 3.05) is 25.0 Å². The predicted octanol–water partition coefficient (Wildman–Crippen LogP) is 3.33. The minimum atomic E-state index is -0.620. The van der Waals surface area contributed by atoms with Crippen LogP contribution in [0.25, 0.3) is 11.0 Å². The highest BCUT2D eigenvalue weighted by atomic mass is 35.5. The highest BCUT2D eigenvalue weighted by Crippen LogP contribution is 2.33. The van der Waals surface area contributed by atoms with Crippen LogP contribution in [0.2, 0.25) is 5.02 Å². The molecule has 4 rings (SSSR count). The SMILES string of the molecule is C[C@H](O)C1CN(C(=O)OC(C)(C)C)CC1COc1nc(Nc2cnn(C)c2)nc2[nH]cc(Cl)c12. The number of likely N-dealkylation sites (tertiary alicyclic amines) is 1. The lowest BCUT2D eigenvalue weighted by Gasteiger charge is -2.24. The highest BCUT2D eigenvalue weighted by Gasteiger charge is 2.40. The van der Waals surface area contributed by atoms with E-state index in [1.54, 1.807) is 35.1 Å². The van der Waals surface area contributed by atoms with Crippen LogP contribution in [-0.4, -0.2) is 72.2 Å². The maximum absolute atomic E-state index is 12.6. The molecule has 1 fully saturated rings. The smallest absolute Gasteiger partial charge is 0.410 e. The van der Waals surface area contributed by atoms with Crippen LogP contribution in [0.4, 0.5) is 16.4 Å². The molecule has 1 aliphatic rings. The van der Waals surface area contributed by atoms with Crippen LogP contribution in [0.3, 0.4) is 0 Å². The summed E-state index contributed by atoms with van der Waals surface area (Å²) in [5.74, 6) is 0.343. The summed E-state index contributed by atoms with van der Waals surface area (Å²) >= 11 is 6.36. The van der Waals surface area contributed by atoms with Crippen molar-refractivity contribution in [2.45, 2.75) is 39.4 Å². The first-order valence-electron chi connectivity index (χ1n) is 11.1. The van der Waals surface area contributed by atoms with Gasteiger partial charge in [0.15, 0.2) is 0 Å². The van der Waals surface area contributed by atoms with Crippen LogP contribution in [0, 0.1) is 11.8 Å². The van der Waals surface area contributed by atoms with Gasteiger partial charge in [0.2, 0.25) is 11.8 Å². The average Bonchev–Trinajstić information content (AvgIpc) is 3.44. The molecule has 1 amide bonds. The van der Waals surface area contributed by atoms with Gasteiger partial charge in [-0.05, 0) is 27.7 Å². The summed E-state index contributed by atoms with van der Waals surface area (Å²) in [5, 5.41) is 18.6. The Balaban J connectivity index is 1.53. The lowest BCUT2D eigenvalue weighted by atomic mass is 9.92. The minimum Gasteiger partial charge on any atom is -0.477 e. The number of aliphatic hydroxyl groups excluding tert-OH is 1. The van der Waals surface area contributed by atoms with Crippen molar-refractivity contribution >= 4 is 40.4 Å². The van der Waals surface area contributed by atoms with Crippen LogP contribution in [0.15, 0.2) is 18.6 Å². The van der Waals surface area contributed by atoms with Crippen LogP contribution in [-0.2, 0) is 11.8 Å². The fourth-order valence-electron chi connectivity index (χ4n) is 4.02. The maximum Gasteiger partial charge on any atom is 0.410 e. The van der Waals surface area contributed by atoms with E-state index in [0.717, 1.165) is 5.69 Å². The molecular weight excluding hydrogens is 462 g/mol. The molecule has 34 heavy (non-hydrogen) atoms. The fraction of sp³-hybridized carbons (Fsp3) is 0.545. The third-order valence-electron chi connectivity index (χ3n) is 5.61. The second-order valence-electron chi connectivity index (χ2n) is 9.60. The Labute approximate surface area is 202 Å². The topological polar surface area (TPSA) is 130 Å². The van der Waals surface area contributed by atoms with Gasteiger partial charge in [0.05, 0.1) is 35.0 Å². The maximum atomic E-state index is 12.6. The van der Waals surface area contributed by atoms with Crippen LogP contribution >= 0.6 is 11.6 Å². The zero-order valence-corrected chi connectivity index (χ0v) is 20.6. The standard InChI is InChI=1S/C22H30ClN7O4/c1-12(31)15-10-30(21(32)34-22(2,3)4)8-13(15)11-33-19-17-16(23)7-24-18(17)27-20(28-19)26-14-6-25-29(5)9-14/h6-7,9,12-13,15,31H,8,10-11H2,1-5H3,(H2,24,26,27,28)/t12-,13?,15?/m0/s1. The summed E-state index contributed by atoms with van der Waals surface area (Å²) in [7, 11) is 1.81. The van der Waals surface area contributed by atoms with E-state index in [1.807, 2.05) is 27.8 Å². The van der Waals surface area contributed by atoms with Crippen molar-refractivity contribution in [3.63, 3.8) is 0 Å². The van der Waals surface area contributed by atoms with E-state index in [-0.39, 0.29) is 18.4 Å². The highest BCUT2D eigenvalue weighted by molar-refractivity contribution is 6.35. The van der Waals surface area contributed by atoms with Crippen molar-refractivity contribution in [1.29, 1.82) is 0 Å². The summed E-state index contributed by atoms with van der Waals surface area (Å²) in [5.41, 5.74) is 0.653. The van der Waals surface area contributed by atoms with Crippen LogP contribution < -0.4 is 10.1 Å². The van der Waals surface area contributed by atoms with Crippen molar-refractivity contribution in [1.82, 2.24) is 29.6 Å². The predicted molar refractivity (Wildman–Crippen MR) is 127 cm³/mol. The molecule has 3 N–H and O–H groups in total. The average molecular weight is 492 g/mol. The number of amides is 1. The number of halogens is 1. The quantitative estimate of drug-likeness (QED) is 0.478. The van der Waals surface area contributed by atoms with E-state index >= 15 is 0 Å². The molecule has 0 radical (unpaired) electrons. The molecular formula is C22H30ClN7O4. The van der Waals surface area contributed by atoms with E-state index < -0.39 is 17.8 Å². The first-order chi connectivity index (χ1) is 16.0. The van der Waals surface area contributed by atoms with Gasteiger partial charge in [0.1, 0.15) is 11.2 Å². The molecule has 3 aromatic heterocycles. The van der Waals surface area contributed by atoms with Gasteiger partial charge >= 0.3 is 6.09 Å². The molecule has 3 aromatic rings. The van der Waals surface area contributed by atoms with Crippen molar-refractivity contribution in [3.05, 3.63) is 23.6 Å². The number of aliphatic hydroxyl groups is 1.